The Balaban J connectivity index is 1.89. The second-order valence-electron chi connectivity index (χ2n) is 5.66. The first kappa shape index (κ1) is 18.8. The molecule has 28 heavy (non-hydrogen) atoms. The third-order valence-electron chi connectivity index (χ3n) is 3.75. The number of barbiturate groups is 1. The monoisotopic (exact) mass is 384 g/mol. The number of urea groups is 1. The van der Waals surface area contributed by atoms with Gasteiger partial charge in [0, 0.05) is 0 Å². The highest BCUT2D eigenvalue weighted by atomic mass is 19.1. The molecule has 0 atom stereocenters. The van der Waals surface area contributed by atoms with Gasteiger partial charge in [-0.15, -0.1) is 0 Å². The van der Waals surface area contributed by atoms with Gasteiger partial charge in [0.1, 0.15) is 17.1 Å². The van der Waals surface area contributed by atoms with Gasteiger partial charge in [-0.1, -0.05) is 24.3 Å². The molecule has 142 valence electrons. The fraction of sp³-hybridized carbons (Fsp3) is 0.0526. The van der Waals surface area contributed by atoms with Crippen molar-refractivity contribution in [2.75, 3.05) is 11.5 Å². The topological polar surface area (TPSA) is 113 Å². The van der Waals surface area contributed by atoms with Gasteiger partial charge >= 0.3 is 12.0 Å². The minimum atomic E-state index is -1.13. The third kappa shape index (κ3) is 3.88. The number of ether oxygens (including phenoxy) is 1. The Morgan fingerprint density at radius 1 is 1.11 bits per heavy atom. The van der Waals surface area contributed by atoms with Crippen LogP contribution in [0.3, 0.4) is 0 Å². The number of benzene rings is 2. The van der Waals surface area contributed by atoms with Gasteiger partial charge in [-0.3, -0.25) is 14.9 Å². The number of amides is 4. The van der Waals surface area contributed by atoms with Crippen molar-refractivity contribution in [2.45, 2.75) is 0 Å². The molecule has 8 nitrogen and oxygen atoms in total. The Bertz CT molecular complexity index is 1000. The van der Waals surface area contributed by atoms with E-state index in [2.05, 4.69) is 0 Å². The van der Waals surface area contributed by atoms with Crippen LogP contribution in [0.5, 0.6) is 5.75 Å². The summed E-state index contributed by atoms with van der Waals surface area (Å²) in [4.78, 5) is 47.9. The number of aliphatic carboxylic acids is 1. The number of hydrogen-bond acceptors (Lipinski definition) is 5. The Morgan fingerprint density at radius 2 is 1.79 bits per heavy atom. The Morgan fingerprint density at radius 3 is 2.43 bits per heavy atom. The van der Waals surface area contributed by atoms with Gasteiger partial charge < -0.3 is 9.84 Å². The SMILES string of the molecule is O=C(O)COc1ccc(/C=C2\C(=O)NC(=O)N(c3ccccc3F)C2=O)cc1. The summed E-state index contributed by atoms with van der Waals surface area (Å²) in [5.41, 5.74) is -0.216. The molecule has 0 saturated carbocycles. The number of imide groups is 2. The van der Waals surface area contributed by atoms with Gasteiger partial charge in [-0.05, 0) is 35.9 Å². The van der Waals surface area contributed by atoms with Gasteiger partial charge in [-0.2, -0.15) is 0 Å². The van der Waals surface area contributed by atoms with E-state index in [-0.39, 0.29) is 17.0 Å². The van der Waals surface area contributed by atoms with E-state index in [1.165, 1.54) is 48.5 Å². The highest BCUT2D eigenvalue weighted by Crippen LogP contribution is 2.24. The van der Waals surface area contributed by atoms with Crippen LogP contribution in [-0.4, -0.2) is 35.5 Å². The molecule has 1 saturated heterocycles. The minimum absolute atomic E-state index is 0.277. The predicted octanol–water partition coefficient (Wildman–Crippen LogP) is 1.96. The maximum absolute atomic E-state index is 14.0. The van der Waals surface area contributed by atoms with Crippen LogP contribution in [0.1, 0.15) is 5.56 Å². The molecule has 0 bridgehead atoms. The molecular weight excluding hydrogens is 371 g/mol. The van der Waals surface area contributed by atoms with Gasteiger partial charge in [0.2, 0.25) is 0 Å². The van der Waals surface area contributed by atoms with E-state index >= 15 is 0 Å². The first-order chi connectivity index (χ1) is 13.4. The highest BCUT2D eigenvalue weighted by Gasteiger charge is 2.37. The first-order valence-corrected chi connectivity index (χ1v) is 7.97. The van der Waals surface area contributed by atoms with E-state index in [0.29, 0.717) is 10.5 Å². The number of nitrogens with one attached hydrogen (secondary N) is 1. The zero-order valence-corrected chi connectivity index (χ0v) is 14.2. The summed E-state index contributed by atoms with van der Waals surface area (Å²) in [5.74, 6) is -3.51. The molecule has 4 amide bonds. The van der Waals surface area contributed by atoms with Crippen LogP contribution in [0.4, 0.5) is 14.9 Å². The summed E-state index contributed by atoms with van der Waals surface area (Å²) in [7, 11) is 0. The summed E-state index contributed by atoms with van der Waals surface area (Å²) >= 11 is 0. The minimum Gasteiger partial charge on any atom is -0.482 e. The standard InChI is InChI=1S/C19H13FN2O6/c20-14-3-1-2-4-15(14)22-18(26)13(17(25)21-19(22)27)9-11-5-7-12(8-6-11)28-10-16(23)24/h1-9H,10H2,(H,23,24)(H,21,25,27)/b13-9+. The number of carbonyl (C=O) groups is 4. The van der Waals surface area contributed by atoms with Crippen molar-refractivity contribution >= 4 is 35.6 Å². The summed E-state index contributed by atoms with van der Waals surface area (Å²) in [6.45, 7) is -0.513. The maximum Gasteiger partial charge on any atom is 0.341 e. The van der Waals surface area contributed by atoms with Crippen LogP contribution < -0.4 is 15.0 Å². The second kappa shape index (κ2) is 7.70. The van der Waals surface area contributed by atoms with E-state index in [4.69, 9.17) is 9.84 Å². The molecule has 0 aromatic heterocycles. The van der Waals surface area contributed by atoms with E-state index < -0.39 is 36.2 Å². The number of anilines is 1. The lowest BCUT2D eigenvalue weighted by Gasteiger charge is -2.26. The normalized spacial score (nSPS) is 15.5. The molecule has 0 aliphatic carbocycles. The number of halogens is 1. The number of carboxylic acid groups (broad SMARTS) is 1. The van der Waals surface area contributed by atoms with Crippen LogP contribution in [0, 0.1) is 5.82 Å². The van der Waals surface area contributed by atoms with Gasteiger partial charge in [-0.25, -0.2) is 18.9 Å². The lowest BCUT2D eigenvalue weighted by Crippen LogP contribution is -2.54. The van der Waals surface area contributed by atoms with Crippen LogP contribution >= 0.6 is 0 Å². The zero-order chi connectivity index (χ0) is 20.3. The number of para-hydroxylation sites is 1. The molecule has 3 rings (SSSR count). The van der Waals surface area contributed by atoms with Crippen molar-refractivity contribution in [3.05, 3.63) is 65.5 Å². The van der Waals surface area contributed by atoms with E-state index in [1.54, 1.807) is 0 Å². The van der Waals surface area contributed by atoms with Crippen molar-refractivity contribution in [2.24, 2.45) is 0 Å². The van der Waals surface area contributed by atoms with Crippen molar-refractivity contribution < 1.29 is 33.4 Å². The van der Waals surface area contributed by atoms with E-state index in [9.17, 15) is 23.6 Å². The smallest absolute Gasteiger partial charge is 0.341 e. The van der Waals surface area contributed by atoms with Crippen LogP contribution in [0.15, 0.2) is 54.1 Å². The van der Waals surface area contributed by atoms with E-state index in [0.717, 1.165) is 6.07 Å². The Hall–Kier alpha value is -4.01. The fourth-order valence-electron chi connectivity index (χ4n) is 2.48. The average molecular weight is 384 g/mol. The number of hydrogen-bond donors (Lipinski definition) is 2. The third-order valence-corrected chi connectivity index (χ3v) is 3.75. The molecule has 0 radical (unpaired) electrons. The highest BCUT2D eigenvalue weighted by molar-refractivity contribution is 6.39. The van der Waals surface area contributed by atoms with Crippen LogP contribution in [0.25, 0.3) is 6.08 Å². The molecule has 0 unspecified atom stereocenters. The second-order valence-corrected chi connectivity index (χ2v) is 5.66. The van der Waals surface area contributed by atoms with Crippen molar-refractivity contribution in [1.29, 1.82) is 0 Å². The quantitative estimate of drug-likeness (QED) is 0.602. The predicted molar refractivity (Wildman–Crippen MR) is 95.0 cm³/mol. The largest absolute Gasteiger partial charge is 0.482 e. The molecule has 0 spiro atoms. The molecule has 2 N–H and O–H groups in total. The number of rotatable bonds is 5. The van der Waals surface area contributed by atoms with Gasteiger partial charge in [0.05, 0.1) is 5.69 Å². The summed E-state index contributed by atoms with van der Waals surface area (Å²) in [6, 6.07) is 10.1. The van der Waals surface area contributed by atoms with Crippen molar-refractivity contribution in [3.63, 3.8) is 0 Å². The molecule has 1 heterocycles. The summed E-state index contributed by atoms with van der Waals surface area (Å²) in [5, 5.41) is 10.6. The number of carbonyl (C=O) groups excluding carboxylic acids is 3. The Labute approximate surface area is 157 Å². The molecule has 1 aliphatic heterocycles. The van der Waals surface area contributed by atoms with Gasteiger partial charge in [0.15, 0.2) is 6.61 Å². The first-order valence-electron chi connectivity index (χ1n) is 7.97. The summed E-state index contributed by atoms with van der Waals surface area (Å²) < 4.78 is 19.0. The Kier molecular flexibility index (Phi) is 5.16. The van der Waals surface area contributed by atoms with Crippen molar-refractivity contribution in [1.82, 2.24) is 5.32 Å². The number of nitrogens with zero attached hydrogens (tertiary/aromatic N) is 1. The van der Waals surface area contributed by atoms with E-state index in [1.807, 2.05) is 5.32 Å². The van der Waals surface area contributed by atoms with Crippen LogP contribution in [-0.2, 0) is 14.4 Å². The zero-order valence-electron chi connectivity index (χ0n) is 14.2. The molecule has 2 aromatic rings. The fourth-order valence-corrected chi connectivity index (χ4v) is 2.48. The van der Waals surface area contributed by atoms with Crippen molar-refractivity contribution in [3.8, 4) is 5.75 Å². The maximum atomic E-state index is 14.0. The molecule has 9 heteroatoms. The molecule has 1 aliphatic rings. The lowest BCUT2D eigenvalue weighted by atomic mass is 10.1. The molecular formula is C19H13FN2O6. The molecule has 1 fully saturated rings. The average Bonchev–Trinajstić information content (AvgIpc) is 2.65. The van der Waals surface area contributed by atoms with Gasteiger partial charge in [0.25, 0.3) is 11.8 Å². The van der Waals surface area contributed by atoms with Crippen LogP contribution in [0.2, 0.25) is 0 Å². The lowest BCUT2D eigenvalue weighted by molar-refractivity contribution is -0.139. The number of carboxylic acids is 1. The molecule has 2 aromatic carbocycles. The summed E-state index contributed by atoms with van der Waals surface area (Å²) in [6.07, 6.45) is 1.24.